The Morgan fingerprint density at radius 1 is 1.25 bits per heavy atom. The Morgan fingerprint density at radius 2 is 2.06 bits per heavy atom. The Hall–Kier alpha value is -1.81. The molecule has 2 heterocycles. The van der Waals surface area contributed by atoms with Crippen LogP contribution in [0.2, 0.25) is 0 Å². The molecule has 0 radical (unpaired) electrons. The Balaban J connectivity index is 1.73. The Labute approximate surface area is 94.1 Å². The van der Waals surface area contributed by atoms with Crippen molar-refractivity contribution >= 4 is 5.82 Å². The van der Waals surface area contributed by atoms with Crippen molar-refractivity contribution in [1.29, 1.82) is 0 Å². The molecule has 0 saturated heterocycles. The van der Waals surface area contributed by atoms with Gasteiger partial charge in [-0.1, -0.05) is 30.3 Å². The molecule has 16 heavy (non-hydrogen) atoms. The van der Waals surface area contributed by atoms with Crippen LogP contribution in [-0.2, 0) is 19.6 Å². The van der Waals surface area contributed by atoms with Gasteiger partial charge in [-0.3, -0.25) is 10.00 Å². The van der Waals surface area contributed by atoms with Crippen molar-refractivity contribution in [2.24, 2.45) is 0 Å². The van der Waals surface area contributed by atoms with Crippen LogP contribution >= 0.6 is 0 Å². The molecule has 0 saturated carbocycles. The van der Waals surface area contributed by atoms with E-state index in [1.807, 2.05) is 6.07 Å². The highest BCUT2D eigenvalue weighted by Gasteiger charge is 2.23. The summed E-state index contributed by atoms with van der Waals surface area (Å²) in [5, 5.41) is 6.99. The third kappa shape index (κ3) is 1.57. The van der Waals surface area contributed by atoms with Gasteiger partial charge in [0, 0.05) is 25.2 Å². The number of fused-ring (bicyclic) bond motifs is 1. The van der Waals surface area contributed by atoms with Crippen LogP contribution in [0.15, 0.2) is 30.3 Å². The largest absolute Gasteiger partial charge is 0.382 e. The second-order valence-electron chi connectivity index (χ2n) is 4.20. The highest BCUT2D eigenvalue weighted by atomic mass is 15.2. The zero-order chi connectivity index (χ0) is 11.0. The van der Waals surface area contributed by atoms with Gasteiger partial charge in [-0.05, 0) is 5.56 Å². The van der Waals surface area contributed by atoms with Crippen LogP contribution in [0.25, 0.3) is 0 Å². The molecular weight excluding hydrogens is 200 g/mol. The van der Waals surface area contributed by atoms with Gasteiger partial charge in [-0.25, -0.2) is 0 Å². The lowest BCUT2D eigenvalue weighted by atomic mass is 10.2. The van der Waals surface area contributed by atoms with E-state index in [0.29, 0.717) is 5.82 Å². The molecular formula is C12H14N4. The Morgan fingerprint density at radius 3 is 2.81 bits per heavy atom. The van der Waals surface area contributed by atoms with Gasteiger partial charge in [0.1, 0.15) is 5.82 Å². The third-order valence-corrected chi connectivity index (χ3v) is 3.00. The summed E-state index contributed by atoms with van der Waals surface area (Å²) in [4.78, 5) is 2.36. The highest BCUT2D eigenvalue weighted by molar-refractivity contribution is 5.43. The summed E-state index contributed by atoms with van der Waals surface area (Å²) in [6, 6.07) is 10.5. The lowest BCUT2D eigenvalue weighted by molar-refractivity contribution is 0.272. The van der Waals surface area contributed by atoms with E-state index < -0.39 is 0 Å². The summed E-state index contributed by atoms with van der Waals surface area (Å²) in [6.45, 7) is 2.77. The van der Waals surface area contributed by atoms with Crippen molar-refractivity contribution in [3.05, 3.63) is 47.2 Å². The summed E-state index contributed by atoms with van der Waals surface area (Å²) < 4.78 is 0. The van der Waals surface area contributed by atoms with Crippen molar-refractivity contribution in [1.82, 2.24) is 15.1 Å². The normalized spacial score (nSPS) is 15.2. The Kier molecular flexibility index (Phi) is 2.15. The van der Waals surface area contributed by atoms with E-state index in [0.717, 1.165) is 30.9 Å². The van der Waals surface area contributed by atoms with Gasteiger partial charge in [0.2, 0.25) is 0 Å². The maximum atomic E-state index is 5.78. The fraction of sp³-hybridized carbons (Fsp3) is 0.250. The predicted octanol–water partition coefficient (Wildman–Crippen LogP) is 1.51. The van der Waals surface area contributed by atoms with E-state index in [4.69, 9.17) is 5.73 Å². The molecule has 3 rings (SSSR count). The molecule has 0 aliphatic carbocycles. The van der Waals surface area contributed by atoms with Gasteiger partial charge in [-0.2, -0.15) is 5.10 Å². The van der Waals surface area contributed by atoms with Crippen molar-refractivity contribution in [3.63, 3.8) is 0 Å². The lowest BCUT2D eigenvalue weighted by Gasteiger charge is -2.14. The monoisotopic (exact) mass is 214 g/mol. The average molecular weight is 214 g/mol. The minimum absolute atomic E-state index is 0.644. The van der Waals surface area contributed by atoms with Crippen molar-refractivity contribution in [2.45, 2.75) is 19.6 Å². The molecule has 0 atom stereocenters. The van der Waals surface area contributed by atoms with Crippen LogP contribution in [0, 0.1) is 0 Å². The zero-order valence-corrected chi connectivity index (χ0v) is 8.98. The lowest BCUT2D eigenvalue weighted by Crippen LogP contribution is -2.16. The van der Waals surface area contributed by atoms with E-state index in [-0.39, 0.29) is 0 Å². The van der Waals surface area contributed by atoms with Gasteiger partial charge in [0.25, 0.3) is 0 Å². The highest BCUT2D eigenvalue weighted by Crippen LogP contribution is 2.26. The molecule has 4 heteroatoms. The number of H-pyrrole nitrogens is 1. The fourth-order valence-corrected chi connectivity index (χ4v) is 2.18. The minimum Gasteiger partial charge on any atom is -0.382 e. The average Bonchev–Trinajstić information content (AvgIpc) is 2.83. The predicted molar refractivity (Wildman–Crippen MR) is 62.4 cm³/mol. The molecule has 0 unspecified atom stereocenters. The number of benzene rings is 1. The fourth-order valence-electron chi connectivity index (χ4n) is 2.18. The molecule has 0 fully saturated rings. The van der Waals surface area contributed by atoms with E-state index in [9.17, 15) is 0 Å². The zero-order valence-electron chi connectivity index (χ0n) is 8.98. The van der Waals surface area contributed by atoms with Gasteiger partial charge < -0.3 is 5.73 Å². The first-order valence-electron chi connectivity index (χ1n) is 5.41. The van der Waals surface area contributed by atoms with Crippen molar-refractivity contribution in [3.8, 4) is 0 Å². The first kappa shape index (κ1) is 9.42. The second-order valence-corrected chi connectivity index (χ2v) is 4.20. The minimum atomic E-state index is 0.644. The molecule has 2 aromatic rings. The number of nitrogens with one attached hydrogen (secondary N) is 1. The SMILES string of the molecule is Nc1n[nH]c2c1CN(Cc1ccccc1)C2. The number of hydrogen-bond acceptors (Lipinski definition) is 3. The summed E-state index contributed by atoms with van der Waals surface area (Å²) >= 11 is 0. The van der Waals surface area contributed by atoms with Gasteiger partial charge >= 0.3 is 0 Å². The first-order valence-corrected chi connectivity index (χ1v) is 5.41. The first-order chi connectivity index (χ1) is 7.83. The molecule has 0 spiro atoms. The van der Waals surface area contributed by atoms with Gasteiger partial charge in [0.05, 0.1) is 5.69 Å². The molecule has 0 amide bonds. The summed E-state index contributed by atoms with van der Waals surface area (Å²) in [6.07, 6.45) is 0. The van der Waals surface area contributed by atoms with Gasteiger partial charge in [0.15, 0.2) is 0 Å². The van der Waals surface area contributed by atoms with Crippen LogP contribution in [0.1, 0.15) is 16.8 Å². The topological polar surface area (TPSA) is 57.9 Å². The molecule has 3 N–H and O–H groups in total. The molecule has 1 aliphatic heterocycles. The second kappa shape index (κ2) is 3.64. The third-order valence-electron chi connectivity index (χ3n) is 3.00. The van der Waals surface area contributed by atoms with Crippen LogP contribution in [0.4, 0.5) is 5.82 Å². The van der Waals surface area contributed by atoms with Crippen LogP contribution < -0.4 is 5.73 Å². The molecule has 1 aromatic heterocycles. The van der Waals surface area contributed by atoms with Gasteiger partial charge in [-0.15, -0.1) is 0 Å². The molecule has 82 valence electrons. The maximum Gasteiger partial charge on any atom is 0.150 e. The number of nitrogens with two attached hydrogens (primary N) is 1. The number of aromatic nitrogens is 2. The van der Waals surface area contributed by atoms with Crippen LogP contribution in [0.5, 0.6) is 0 Å². The van der Waals surface area contributed by atoms with E-state index in [1.54, 1.807) is 0 Å². The number of nitrogens with zero attached hydrogens (tertiary/aromatic N) is 2. The van der Waals surface area contributed by atoms with Crippen molar-refractivity contribution in [2.75, 3.05) is 5.73 Å². The molecule has 4 nitrogen and oxygen atoms in total. The number of rotatable bonds is 2. The quantitative estimate of drug-likeness (QED) is 0.796. The summed E-state index contributed by atoms with van der Waals surface area (Å²) in [5.74, 6) is 0.644. The van der Waals surface area contributed by atoms with E-state index >= 15 is 0 Å². The van der Waals surface area contributed by atoms with Crippen molar-refractivity contribution < 1.29 is 0 Å². The maximum absolute atomic E-state index is 5.78. The molecule has 1 aromatic carbocycles. The number of hydrogen-bond donors (Lipinski definition) is 2. The number of nitrogen functional groups attached to an aromatic ring is 1. The van der Waals surface area contributed by atoms with Crippen LogP contribution in [-0.4, -0.2) is 15.1 Å². The number of anilines is 1. The number of aromatic amines is 1. The molecule has 1 aliphatic rings. The molecule has 0 bridgehead atoms. The Bertz CT molecular complexity index is 489. The summed E-state index contributed by atoms with van der Waals surface area (Å²) in [7, 11) is 0. The van der Waals surface area contributed by atoms with E-state index in [2.05, 4.69) is 39.4 Å². The summed E-state index contributed by atoms with van der Waals surface area (Å²) in [5.41, 5.74) is 9.43. The van der Waals surface area contributed by atoms with Crippen LogP contribution in [0.3, 0.4) is 0 Å². The standard InChI is InChI=1S/C12H14N4/c13-12-10-7-16(8-11(10)14-15-12)6-9-4-2-1-3-5-9/h1-5H,6-8H2,(H3,13,14,15). The smallest absolute Gasteiger partial charge is 0.150 e. The van der Waals surface area contributed by atoms with E-state index in [1.165, 1.54) is 5.56 Å².